The lowest BCUT2D eigenvalue weighted by Crippen LogP contribution is -2.48. The number of fused-ring (bicyclic) bond motifs is 1. The van der Waals surface area contributed by atoms with Crippen molar-refractivity contribution in [1.82, 2.24) is 35.0 Å². The number of benzene rings is 2. The number of hydrogen-bond acceptors (Lipinski definition) is 11. The molecule has 0 saturated carbocycles. The van der Waals surface area contributed by atoms with Crippen LogP contribution in [0.3, 0.4) is 0 Å². The third kappa shape index (κ3) is 6.22. The summed E-state index contributed by atoms with van der Waals surface area (Å²) >= 11 is 1.44. The Labute approximate surface area is 302 Å². The van der Waals surface area contributed by atoms with Crippen molar-refractivity contribution in [2.75, 3.05) is 43.4 Å². The van der Waals surface area contributed by atoms with Gasteiger partial charge in [0.05, 0.1) is 40.1 Å². The van der Waals surface area contributed by atoms with Crippen LogP contribution in [0.5, 0.6) is 0 Å². The van der Waals surface area contributed by atoms with Crippen molar-refractivity contribution in [2.45, 2.75) is 18.8 Å². The number of hydrogen-bond donors (Lipinski definition) is 2. The fraction of sp³-hybridized carbons (Fsp3) is 0.211. The first kappa shape index (κ1) is 32.7. The molecule has 0 aliphatic carbocycles. The molecule has 4 aromatic heterocycles. The number of amides is 3. The van der Waals surface area contributed by atoms with E-state index in [9.17, 15) is 19.6 Å². The standard InChI is InChI=1S/C38H32N10O3S/c1-40-31-19-32(33-12-10-28-18-23(20-39)21-42-48(28)33)41-22-30(31)37-45-44-36(52-37)25-2-4-26(5-3-25)38(51)47-16-14-46(15-17-47)27-8-6-24(7-9-27)29-11-13-34(49)43-35(29)50/h2-10,12,18-19,21-22,29H,11,13-17H2,1H3,(H,40,41)(H,43,49,50)/t29-/m0/s1. The Morgan fingerprint density at radius 1 is 0.942 bits per heavy atom. The van der Waals surface area contributed by atoms with Crippen molar-refractivity contribution in [3.05, 3.63) is 102 Å². The lowest BCUT2D eigenvalue weighted by Gasteiger charge is -2.36. The van der Waals surface area contributed by atoms with E-state index in [1.54, 1.807) is 16.8 Å². The van der Waals surface area contributed by atoms with Crippen molar-refractivity contribution in [3.63, 3.8) is 0 Å². The van der Waals surface area contributed by atoms with Gasteiger partial charge in [-0.3, -0.25) is 24.7 Å². The van der Waals surface area contributed by atoms with Crippen molar-refractivity contribution in [3.8, 4) is 38.6 Å². The minimum absolute atomic E-state index is 0.0151. The molecule has 0 bridgehead atoms. The molecule has 13 nitrogen and oxygen atoms in total. The lowest BCUT2D eigenvalue weighted by molar-refractivity contribution is -0.134. The molecule has 0 spiro atoms. The molecule has 258 valence electrons. The summed E-state index contributed by atoms with van der Waals surface area (Å²) in [6.45, 7) is 2.58. The highest BCUT2D eigenvalue weighted by Gasteiger charge is 2.28. The quantitative estimate of drug-likeness (QED) is 0.217. The van der Waals surface area contributed by atoms with E-state index in [1.807, 2.05) is 78.7 Å². The summed E-state index contributed by atoms with van der Waals surface area (Å²) in [5.41, 5.74) is 7.90. The third-order valence-corrected chi connectivity index (χ3v) is 10.6. The fourth-order valence-electron chi connectivity index (χ4n) is 6.71. The van der Waals surface area contributed by atoms with Crippen molar-refractivity contribution < 1.29 is 14.4 Å². The van der Waals surface area contributed by atoms with E-state index in [2.05, 4.69) is 36.9 Å². The van der Waals surface area contributed by atoms with Crippen LogP contribution in [0.4, 0.5) is 11.4 Å². The Kier molecular flexibility index (Phi) is 8.61. The molecular weight excluding hydrogens is 677 g/mol. The molecule has 14 heteroatoms. The molecule has 52 heavy (non-hydrogen) atoms. The largest absolute Gasteiger partial charge is 0.387 e. The molecule has 2 fully saturated rings. The van der Waals surface area contributed by atoms with E-state index < -0.39 is 0 Å². The molecule has 1 atom stereocenters. The van der Waals surface area contributed by atoms with E-state index in [-0.39, 0.29) is 23.6 Å². The highest BCUT2D eigenvalue weighted by atomic mass is 32.1. The Morgan fingerprint density at radius 2 is 1.71 bits per heavy atom. The van der Waals surface area contributed by atoms with Crippen LogP contribution >= 0.6 is 11.3 Å². The van der Waals surface area contributed by atoms with Gasteiger partial charge in [0, 0.05) is 68.3 Å². The number of pyridine rings is 1. The monoisotopic (exact) mass is 708 g/mol. The first-order valence-corrected chi connectivity index (χ1v) is 17.7. The molecule has 3 amide bonds. The predicted octanol–water partition coefficient (Wildman–Crippen LogP) is 4.98. The Hall–Kier alpha value is -6.46. The average Bonchev–Trinajstić information content (AvgIpc) is 3.86. The summed E-state index contributed by atoms with van der Waals surface area (Å²) in [4.78, 5) is 46.0. The zero-order valence-electron chi connectivity index (χ0n) is 28.1. The fourth-order valence-corrected chi connectivity index (χ4v) is 7.58. The van der Waals surface area contributed by atoms with Crippen LogP contribution in [0, 0.1) is 11.3 Å². The van der Waals surface area contributed by atoms with E-state index in [0.29, 0.717) is 55.2 Å². The number of carbonyl (C=O) groups is 3. The summed E-state index contributed by atoms with van der Waals surface area (Å²) in [5, 5.41) is 29.6. The molecule has 0 radical (unpaired) electrons. The van der Waals surface area contributed by atoms with Crippen LogP contribution in [0.1, 0.15) is 40.2 Å². The lowest BCUT2D eigenvalue weighted by atomic mass is 9.90. The molecule has 2 aliphatic heterocycles. The van der Waals surface area contributed by atoms with E-state index >= 15 is 0 Å². The van der Waals surface area contributed by atoms with Crippen LogP contribution in [0.2, 0.25) is 0 Å². The zero-order chi connectivity index (χ0) is 35.8. The van der Waals surface area contributed by atoms with E-state index in [4.69, 9.17) is 4.98 Å². The summed E-state index contributed by atoms with van der Waals surface area (Å²) < 4.78 is 1.76. The molecule has 2 aliphatic rings. The maximum Gasteiger partial charge on any atom is 0.253 e. The maximum absolute atomic E-state index is 13.4. The maximum atomic E-state index is 13.4. The zero-order valence-corrected chi connectivity index (χ0v) is 28.9. The normalized spacial score (nSPS) is 16.1. The number of nitrogens with zero attached hydrogens (tertiary/aromatic N) is 8. The SMILES string of the molecule is CNc1cc(-c2ccc3cc(C#N)cnn23)ncc1-c1nnc(-c2ccc(C(=O)N3CCN(c4ccc([C@@H]5CCC(=O)NC5=O)cc4)CC3)cc2)s1. The molecular formula is C38H32N10O3S. The van der Waals surface area contributed by atoms with Crippen LogP contribution in [-0.2, 0) is 9.59 Å². The number of nitrogens with one attached hydrogen (secondary N) is 2. The smallest absolute Gasteiger partial charge is 0.253 e. The van der Waals surface area contributed by atoms with Crippen molar-refractivity contribution in [1.29, 1.82) is 5.26 Å². The van der Waals surface area contributed by atoms with Gasteiger partial charge in [0.25, 0.3) is 5.91 Å². The summed E-state index contributed by atoms with van der Waals surface area (Å²) in [6, 6.07) is 25.1. The highest BCUT2D eigenvalue weighted by molar-refractivity contribution is 7.18. The van der Waals surface area contributed by atoms with Gasteiger partial charge in [0.15, 0.2) is 5.01 Å². The van der Waals surface area contributed by atoms with Crippen LogP contribution in [-0.4, -0.2) is 80.6 Å². The summed E-state index contributed by atoms with van der Waals surface area (Å²) in [5.74, 6) is -0.773. The van der Waals surface area contributed by atoms with Crippen molar-refractivity contribution in [2.24, 2.45) is 0 Å². The van der Waals surface area contributed by atoms with Gasteiger partial charge in [0.1, 0.15) is 11.1 Å². The molecule has 2 N–H and O–H groups in total. The molecule has 8 rings (SSSR count). The molecule has 6 aromatic rings. The van der Waals surface area contributed by atoms with Crippen LogP contribution in [0.15, 0.2) is 85.2 Å². The third-order valence-electron chi connectivity index (χ3n) is 9.57. The van der Waals surface area contributed by atoms with Gasteiger partial charge in [-0.25, -0.2) is 4.52 Å². The Morgan fingerprint density at radius 3 is 2.44 bits per heavy atom. The summed E-state index contributed by atoms with van der Waals surface area (Å²) in [7, 11) is 1.84. The van der Waals surface area contributed by atoms with Gasteiger partial charge in [-0.2, -0.15) is 10.4 Å². The number of aromatic nitrogens is 5. The topological polar surface area (TPSA) is 162 Å². The number of piperidine rings is 1. The van der Waals surface area contributed by atoms with E-state index in [0.717, 1.165) is 50.0 Å². The average molecular weight is 709 g/mol. The second-order valence-electron chi connectivity index (χ2n) is 12.6. The first-order chi connectivity index (χ1) is 25.4. The van der Waals surface area contributed by atoms with Gasteiger partial charge < -0.3 is 15.1 Å². The van der Waals surface area contributed by atoms with Crippen molar-refractivity contribution >= 4 is 45.9 Å². The Bertz CT molecular complexity index is 2370. The number of imide groups is 1. The highest BCUT2D eigenvalue weighted by Crippen LogP contribution is 2.36. The number of nitriles is 1. The van der Waals surface area contributed by atoms with Crippen LogP contribution < -0.4 is 15.5 Å². The number of anilines is 2. The number of rotatable bonds is 7. The first-order valence-electron chi connectivity index (χ1n) is 16.9. The minimum atomic E-state index is -0.305. The van der Waals surface area contributed by atoms with Crippen LogP contribution in [0.25, 0.3) is 38.0 Å². The number of carbonyl (C=O) groups excluding carboxylic acids is 3. The van der Waals surface area contributed by atoms with Gasteiger partial charge in [-0.15, -0.1) is 10.2 Å². The molecule has 2 saturated heterocycles. The summed E-state index contributed by atoms with van der Waals surface area (Å²) in [6.07, 6.45) is 4.18. The van der Waals surface area contributed by atoms with Gasteiger partial charge in [-0.1, -0.05) is 35.6 Å². The number of piperazine rings is 1. The second-order valence-corrected chi connectivity index (χ2v) is 13.6. The minimum Gasteiger partial charge on any atom is -0.387 e. The Balaban J connectivity index is 0.906. The van der Waals surface area contributed by atoms with Gasteiger partial charge >= 0.3 is 0 Å². The van der Waals surface area contributed by atoms with E-state index in [1.165, 1.54) is 17.5 Å². The molecule has 2 aromatic carbocycles. The predicted molar refractivity (Wildman–Crippen MR) is 197 cm³/mol. The molecule has 0 unspecified atom stereocenters. The van der Waals surface area contributed by atoms with Gasteiger partial charge in [0.2, 0.25) is 11.8 Å². The second kappa shape index (κ2) is 13.7. The van der Waals surface area contributed by atoms with Gasteiger partial charge in [-0.05, 0) is 60.5 Å². The molecule has 6 heterocycles.